The van der Waals surface area contributed by atoms with Crippen molar-refractivity contribution in [1.29, 1.82) is 0 Å². The number of nitrogens with one attached hydrogen (secondary N) is 1. The number of aromatic carboxylic acids is 1. The molecule has 0 radical (unpaired) electrons. The molecule has 0 aliphatic carbocycles. The van der Waals surface area contributed by atoms with Crippen molar-refractivity contribution in [3.05, 3.63) is 39.5 Å². The van der Waals surface area contributed by atoms with Gasteiger partial charge in [-0.3, -0.25) is 0 Å². The van der Waals surface area contributed by atoms with E-state index in [-0.39, 0.29) is 5.56 Å². The summed E-state index contributed by atoms with van der Waals surface area (Å²) >= 11 is 1.65. The van der Waals surface area contributed by atoms with Gasteiger partial charge in [0, 0.05) is 16.8 Å². The van der Waals surface area contributed by atoms with Crippen molar-refractivity contribution >= 4 is 23.1 Å². The fourth-order valence-corrected chi connectivity index (χ4v) is 2.54. The van der Waals surface area contributed by atoms with Crippen LogP contribution in [0.3, 0.4) is 0 Å². The summed E-state index contributed by atoms with van der Waals surface area (Å²) in [5, 5.41) is 13.2. The Morgan fingerprint density at radius 2 is 2.15 bits per heavy atom. The quantitative estimate of drug-likeness (QED) is 0.855. The summed E-state index contributed by atoms with van der Waals surface area (Å²) in [4.78, 5) is 21.0. The van der Waals surface area contributed by atoms with Gasteiger partial charge in [-0.25, -0.2) is 14.8 Å². The largest absolute Gasteiger partial charge is 0.478 e. The van der Waals surface area contributed by atoms with Gasteiger partial charge in [0.15, 0.2) is 0 Å². The number of aromatic nitrogens is 2. The maximum atomic E-state index is 11.1. The van der Waals surface area contributed by atoms with Gasteiger partial charge in [-0.2, -0.15) is 0 Å². The number of thiazole rings is 1. The van der Waals surface area contributed by atoms with E-state index >= 15 is 0 Å². The van der Waals surface area contributed by atoms with Gasteiger partial charge in [-0.15, -0.1) is 11.3 Å². The van der Waals surface area contributed by atoms with Crippen molar-refractivity contribution in [2.45, 2.75) is 33.2 Å². The van der Waals surface area contributed by atoms with Crippen LogP contribution in [-0.2, 0) is 19.4 Å². The molecule has 0 aliphatic rings. The molecule has 2 aromatic rings. The van der Waals surface area contributed by atoms with Crippen LogP contribution >= 0.6 is 11.3 Å². The topological polar surface area (TPSA) is 75.1 Å². The number of nitrogens with zero attached hydrogens (tertiary/aromatic N) is 2. The number of anilines is 1. The van der Waals surface area contributed by atoms with Crippen LogP contribution in [0.4, 0.5) is 5.82 Å². The Balaban J connectivity index is 2.12. The summed E-state index contributed by atoms with van der Waals surface area (Å²) in [6.07, 6.45) is 3.55. The molecule has 0 amide bonds. The fourth-order valence-electron chi connectivity index (χ4n) is 1.74. The molecular weight excluding hydrogens is 274 g/mol. The molecule has 2 N–H and O–H groups in total. The zero-order valence-corrected chi connectivity index (χ0v) is 12.3. The molecule has 0 saturated heterocycles. The van der Waals surface area contributed by atoms with Gasteiger partial charge in [0.1, 0.15) is 10.8 Å². The Labute approximate surface area is 121 Å². The van der Waals surface area contributed by atoms with Crippen molar-refractivity contribution < 1.29 is 9.90 Å². The molecule has 2 rings (SSSR count). The van der Waals surface area contributed by atoms with Crippen LogP contribution in [-0.4, -0.2) is 21.0 Å². The zero-order chi connectivity index (χ0) is 14.5. The van der Waals surface area contributed by atoms with E-state index in [2.05, 4.69) is 22.2 Å². The number of carboxylic acid groups (broad SMARTS) is 1. The SMILES string of the molecule is CCc1cc(C(=O)O)cc(NCc2ncc(CC)s2)n1. The fraction of sp³-hybridized carbons (Fsp3) is 0.357. The Bertz CT molecular complexity index is 610. The first kappa shape index (κ1) is 14.5. The van der Waals surface area contributed by atoms with Gasteiger partial charge in [0.05, 0.1) is 12.1 Å². The average molecular weight is 291 g/mol. The van der Waals surface area contributed by atoms with Gasteiger partial charge in [0.2, 0.25) is 0 Å². The Kier molecular flexibility index (Phi) is 4.68. The highest BCUT2D eigenvalue weighted by molar-refractivity contribution is 7.11. The molecule has 6 heteroatoms. The van der Waals surface area contributed by atoms with Gasteiger partial charge < -0.3 is 10.4 Å². The van der Waals surface area contributed by atoms with Crippen LogP contribution < -0.4 is 5.32 Å². The van der Waals surface area contributed by atoms with E-state index in [1.165, 1.54) is 4.88 Å². The van der Waals surface area contributed by atoms with Gasteiger partial charge >= 0.3 is 5.97 Å². The lowest BCUT2D eigenvalue weighted by atomic mass is 10.2. The summed E-state index contributed by atoms with van der Waals surface area (Å²) in [5.41, 5.74) is 1.02. The Morgan fingerprint density at radius 3 is 2.75 bits per heavy atom. The third-order valence-corrected chi connectivity index (χ3v) is 4.00. The Hall–Kier alpha value is -1.95. The van der Waals surface area contributed by atoms with E-state index in [1.54, 1.807) is 23.5 Å². The van der Waals surface area contributed by atoms with Crippen molar-refractivity contribution in [3.63, 3.8) is 0 Å². The lowest BCUT2D eigenvalue weighted by Gasteiger charge is -2.07. The van der Waals surface area contributed by atoms with E-state index in [9.17, 15) is 4.79 Å². The third-order valence-electron chi connectivity index (χ3n) is 2.86. The average Bonchev–Trinajstić information content (AvgIpc) is 2.92. The van der Waals surface area contributed by atoms with Crippen molar-refractivity contribution in [3.8, 4) is 0 Å². The molecule has 2 aromatic heterocycles. The second-order valence-electron chi connectivity index (χ2n) is 4.32. The molecule has 0 aliphatic heterocycles. The van der Waals surface area contributed by atoms with E-state index in [0.29, 0.717) is 18.8 Å². The normalized spacial score (nSPS) is 10.5. The number of hydrogen-bond donors (Lipinski definition) is 2. The first-order valence-corrected chi connectivity index (χ1v) is 7.35. The molecule has 0 fully saturated rings. The van der Waals surface area contributed by atoms with Gasteiger partial charge in [0.25, 0.3) is 0 Å². The molecule has 0 saturated carbocycles. The van der Waals surface area contributed by atoms with Crippen LogP contribution in [0, 0.1) is 0 Å². The highest BCUT2D eigenvalue weighted by Gasteiger charge is 2.08. The van der Waals surface area contributed by atoms with E-state index in [4.69, 9.17) is 5.11 Å². The number of carbonyl (C=O) groups is 1. The lowest BCUT2D eigenvalue weighted by molar-refractivity contribution is 0.0696. The van der Waals surface area contributed by atoms with Gasteiger partial charge in [-0.05, 0) is 25.0 Å². The van der Waals surface area contributed by atoms with Gasteiger partial charge in [-0.1, -0.05) is 13.8 Å². The summed E-state index contributed by atoms with van der Waals surface area (Å²) < 4.78 is 0. The van der Waals surface area contributed by atoms with Crippen LogP contribution in [0.2, 0.25) is 0 Å². The predicted octanol–water partition coefficient (Wildman–Crippen LogP) is 2.97. The van der Waals surface area contributed by atoms with E-state index in [0.717, 1.165) is 17.1 Å². The molecule has 0 atom stereocenters. The minimum absolute atomic E-state index is 0.257. The highest BCUT2D eigenvalue weighted by Crippen LogP contribution is 2.16. The monoisotopic (exact) mass is 291 g/mol. The lowest BCUT2D eigenvalue weighted by Crippen LogP contribution is -2.06. The number of rotatable bonds is 6. The van der Waals surface area contributed by atoms with Crippen LogP contribution in [0.5, 0.6) is 0 Å². The van der Waals surface area contributed by atoms with E-state index < -0.39 is 5.97 Å². The first-order valence-electron chi connectivity index (χ1n) is 6.54. The molecule has 2 heterocycles. The number of hydrogen-bond acceptors (Lipinski definition) is 5. The molecule has 0 unspecified atom stereocenters. The summed E-state index contributed by atoms with van der Waals surface area (Å²) in [7, 11) is 0. The maximum Gasteiger partial charge on any atom is 0.335 e. The minimum atomic E-state index is -0.937. The van der Waals surface area contributed by atoms with Crippen molar-refractivity contribution in [1.82, 2.24) is 9.97 Å². The number of carboxylic acids is 1. The molecule has 0 spiro atoms. The highest BCUT2D eigenvalue weighted by atomic mass is 32.1. The molecule has 0 aromatic carbocycles. The summed E-state index contributed by atoms with van der Waals surface area (Å²) in [5.74, 6) is -0.359. The predicted molar refractivity (Wildman–Crippen MR) is 79.4 cm³/mol. The second-order valence-corrected chi connectivity index (χ2v) is 5.52. The van der Waals surface area contributed by atoms with Crippen molar-refractivity contribution in [2.75, 3.05) is 5.32 Å². The van der Waals surface area contributed by atoms with Crippen molar-refractivity contribution in [2.24, 2.45) is 0 Å². The van der Waals surface area contributed by atoms with E-state index in [1.807, 2.05) is 13.1 Å². The first-order chi connectivity index (χ1) is 9.62. The standard InChI is InChI=1S/C14H17N3O2S/c1-3-10-5-9(14(18)19)6-12(17-10)15-8-13-16-7-11(4-2)20-13/h5-7H,3-4,8H2,1-2H3,(H,15,17)(H,18,19). The number of aryl methyl sites for hydroxylation is 2. The zero-order valence-electron chi connectivity index (χ0n) is 11.5. The minimum Gasteiger partial charge on any atom is -0.478 e. The Morgan fingerprint density at radius 1 is 1.35 bits per heavy atom. The van der Waals surface area contributed by atoms with Crippen LogP contribution in [0.25, 0.3) is 0 Å². The second kappa shape index (κ2) is 6.47. The smallest absolute Gasteiger partial charge is 0.335 e. The molecule has 5 nitrogen and oxygen atoms in total. The molecule has 106 valence electrons. The third kappa shape index (κ3) is 3.54. The maximum absolute atomic E-state index is 11.1. The number of pyridine rings is 1. The van der Waals surface area contributed by atoms with Crippen LogP contribution in [0.1, 0.15) is 39.8 Å². The molecule has 0 bridgehead atoms. The van der Waals surface area contributed by atoms with Crippen LogP contribution in [0.15, 0.2) is 18.3 Å². The summed E-state index contributed by atoms with van der Waals surface area (Å²) in [6, 6.07) is 3.15. The summed E-state index contributed by atoms with van der Waals surface area (Å²) in [6.45, 7) is 4.60. The molecule has 20 heavy (non-hydrogen) atoms. The molecular formula is C14H17N3O2S.